The van der Waals surface area contributed by atoms with Crippen LogP contribution in [0.4, 0.5) is 0 Å². The molecular formula is C15H22O3. The summed E-state index contributed by atoms with van der Waals surface area (Å²) in [5, 5.41) is 9.48. The van der Waals surface area contributed by atoms with Crippen LogP contribution in [0.1, 0.15) is 20.3 Å². The van der Waals surface area contributed by atoms with Crippen LogP contribution in [-0.2, 0) is 9.47 Å². The Morgan fingerprint density at radius 3 is 2.11 bits per heavy atom. The zero-order valence-electron chi connectivity index (χ0n) is 11.1. The molecule has 0 radical (unpaired) electrons. The van der Waals surface area contributed by atoms with E-state index in [-0.39, 0.29) is 0 Å². The van der Waals surface area contributed by atoms with Crippen LogP contribution in [0.2, 0.25) is 0 Å². The number of aliphatic hydroxyl groups excluding tert-OH is 1. The number of fused-ring (bicyclic) bond motifs is 3. The molecule has 4 rings (SSSR count). The van der Waals surface area contributed by atoms with Crippen LogP contribution in [0.15, 0.2) is 12.2 Å². The van der Waals surface area contributed by atoms with Crippen molar-refractivity contribution in [1.82, 2.24) is 0 Å². The molecule has 1 N–H and O–H groups in total. The minimum absolute atomic E-state index is 0.349. The molecule has 2 bridgehead atoms. The van der Waals surface area contributed by atoms with Gasteiger partial charge >= 0.3 is 0 Å². The van der Waals surface area contributed by atoms with E-state index in [0.29, 0.717) is 41.6 Å². The lowest BCUT2D eigenvalue weighted by atomic mass is 9.84. The fourth-order valence-corrected chi connectivity index (χ4v) is 4.94. The summed E-state index contributed by atoms with van der Waals surface area (Å²) in [5.41, 5.74) is 0.373. The Balaban J connectivity index is 1.63. The molecule has 3 heteroatoms. The van der Waals surface area contributed by atoms with Gasteiger partial charge in [0.15, 0.2) is 5.79 Å². The van der Waals surface area contributed by atoms with Crippen LogP contribution >= 0.6 is 0 Å². The monoisotopic (exact) mass is 250 g/mol. The van der Waals surface area contributed by atoms with Crippen LogP contribution in [0.25, 0.3) is 0 Å². The molecule has 0 aromatic heterocycles. The lowest BCUT2D eigenvalue weighted by Crippen LogP contribution is -2.29. The Labute approximate surface area is 108 Å². The van der Waals surface area contributed by atoms with Crippen molar-refractivity contribution in [3.05, 3.63) is 12.2 Å². The maximum Gasteiger partial charge on any atom is 0.162 e. The average Bonchev–Trinajstić information content (AvgIpc) is 2.94. The van der Waals surface area contributed by atoms with E-state index in [1.54, 1.807) is 0 Å². The topological polar surface area (TPSA) is 38.7 Å². The van der Waals surface area contributed by atoms with E-state index in [9.17, 15) is 5.11 Å². The van der Waals surface area contributed by atoms with Gasteiger partial charge in [0, 0.05) is 6.61 Å². The summed E-state index contributed by atoms with van der Waals surface area (Å²) in [7, 11) is 0. The van der Waals surface area contributed by atoms with Crippen LogP contribution in [0.5, 0.6) is 0 Å². The highest BCUT2D eigenvalue weighted by Gasteiger charge is 2.72. The Hall–Kier alpha value is -0.380. The number of hydrogen-bond donors (Lipinski definition) is 1. The van der Waals surface area contributed by atoms with E-state index in [2.05, 4.69) is 12.2 Å². The molecule has 18 heavy (non-hydrogen) atoms. The Bertz CT molecular complexity index is 375. The second kappa shape index (κ2) is 3.38. The van der Waals surface area contributed by atoms with Gasteiger partial charge in [-0.3, -0.25) is 0 Å². The first-order valence-corrected chi connectivity index (χ1v) is 7.15. The van der Waals surface area contributed by atoms with E-state index in [1.165, 1.54) is 6.42 Å². The third-order valence-electron chi connectivity index (χ3n) is 5.91. The number of allylic oxidation sites excluding steroid dienone is 2. The van der Waals surface area contributed by atoms with Gasteiger partial charge in [-0.25, -0.2) is 0 Å². The fraction of sp³-hybridized carbons (Fsp3) is 0.867. The van der Waals surface area contributed by atoms with Gasteiger partial charge in [0.05, 0.1) is 13.2 Å². The first-order valence-electron chi connectivity index (χ1n) is 7.15. The zero-order chi connectivity index (χ0) is 12.5. The summed E-state index contributed by atoms with van der Waals surface area (Å²) in [6.45, 7) is 5.98. The van der Waals surface area contributed by atoms with E-state index in [1.807, 2.05) is 13.8 Å². The molecule has 4 aliphatic rings. The first-order chi connectivity index (χ1) is 8.58. The molecule has 0 aromatic rings. The third-order valence-corrected chi connectivity index (χ3v) is 5.91. The molecule has 1 aliphatic heterocycles. The van der Waals surface area contributed by atoms with Crippen LogP contribution in [0, 0.1) is 35.0 Å². The van der Waals surface area contributed by atoms with Gasteiger partial charge in [-0.15, -0.1) is 0 Å². The SMILES string of the molecule is CC1(C)OC[C@H]2[C@H]3C=CC([C@@H]2CO1)C31CC1CO. The van der Waals surface area contributed by atoms with Crippen molar-refractivity contribution in [2.24, 2.45) is 35.0 Å². The Morgan fingerprint density at radius 1 is 1.11 bits per heavy atom. The smallest absolute Gasteiger partial charge is 0.162 e. The summed E-state index contributed by atoms with van der Waals surface area (Å²) < 4.78 is 11.9. The predicted molar refractivity (Wildman–Crippen MR) is 66.7 cm³/mol. The van der Waals surface area contributed by atoms with Gasteiger partial charge in [-0.1, -0.05) is 12.2 Å². The highest BCUT2D eigenvalue weighted by atomic mass is 16.7. The second-order valence-electron chi connectivity index (χ2n) is 6.98. The fourth-order valence-electron chi connectivity index (χ4n) is 4.94. The molecular weight excluding hydrogens is 228 g/mol. The molecule has 1 heterocycles. The second-order valence-corrected chi connectivity index (χ2v) is 6.98. The standard InChI is InChI=1S/C15H22O3/c1-14(2)17-7-10-11(8-18-14)13-4-3-12(10)15(13)5-9(15)6-16/h3-4,9-13,16H,5-8H2,1-2H3/t9?,10-,11-,12-,13?,15?/m1/s1. The number of hydrogen-bond acceptors (Lipinski definition) is 3. The Morgan fingerprint density at radius 2 is 1.67 bits per heavy atom. The van der Waals surface area contributed by atoms with E-state index >= 15 is 0 Å². The lowest BCUT2D eigenvalue weighted by molar-refractivity contribution is -0.205. The minimum Gasteiger partial charge on any atom is -0.396 e. The third kappa shape index (κ3) is 1.25. The quantitative estimate of drug-likeness (QED) is 0.721. The predicted octanol–water partition coefficient (Wildman–Crippen LogP) is 1.82. The number of ether oxygens (including phenoxy) is 2. The first kappa shape index (κ1) is 11.4. The minimum atomic E-state index is -0.434. The molecule has 2 saturated carbocycles. The molecule has 3 aliphatic carbocycles. The zero-order valence-corrected chi connectivity index (χ0v) is 11.1. The van der Waals surface area contributed by atoms with Crippen molar-refractivity contribution in [3.63, 3.8) is 0 Å². The van der Waals surface area contributed by atoms with Crippen molar-refractivity contribution in [1.29, 1.82) is 0 Å². The summed E-state index contributed by atoms with van der Waals surface area (Å²) in [6, 6.07) is 0. The van der Waals surface area contributed by atoms with E-state index < -0.39 is 5.79 Å². The van der Waals surface area contributed by atoms with E-state index in [0.717, 1.165) is 13.2 Å². The van der Waals surface area contributed by atoms with Gasteiger partial charge in [0.2, 0.25) is 0 Å². The van der Waals surface area contributed by atoms with Crippen LogP contribution < -0.4 is 0 Å². The molecule has 1 saturated heterocycles. The van der Waals surface area contributed by atoms with Gasteiger partial charge in [0.1, 0.15) is 0 Å². The molecule has 3 unspecified atom stereocenters. The Kier molecular flexibility index (Phi) is 2.15. The average molecular weight is 250 g/mol. The highest BCUT2D eigenvalue weighted by molar-refractivity contribution is 5.31. The molecule has 0 amide bonds. The molecule has 100 valence electrons. The van der Waals surface area contributed by atoms with Crippen molar-refractivity contribution in [3.8, 4) is 0 Å². The summed E-state index contributed by atoms with van der Waals surface area (Å²) in [5.74, 6) is 2.50. The lowest BCUT2D eigenvalue weighted by Gasteiger charge is -2.25. The largest absolute Gasteiger partial charge is 0.396 e. The maximum atomic E-state index is 9.48. The van der Waals surface area contributed by atoms with Crippen LogP contribution in [-0.4, -0.2) is 30.7 Å². The van der Waals surface area contributed by atoms with Gasteiger partial charge in [0.25, 0.3) is 0 Å². The molecule has 3 fully saturated rings. The molecule has 1 spiro atoms. The number of aliphatic hydroxyl groups is 1. The van der Waals surface area contributed by atoms with Crippen molar-refractivity contribution in [2.75, 3.05) is 19.8 Å². The highest BCUT2D eigenvalue weighted by Crippen LogP contribution is 2.75. The van der Waals surface area contributed by atoms with Crippen LogP contribution in [0.3, 0.4) is 0 Å². The normalized spacial score (nSPS) is 55.6. The van der Waals surface area contributed by atoms with E-state index in [4.69, 9.17) is 9.47 Å². The summed E-state index contributed by atoms with van der Waals surface area (Å²) in [6.07, 6.45) is 5.98. The van der Waals surface area contributed by atoms with Crippen molar-refractivity contribution >= 4 is 0 Å². The summed E-state index contributed by atoms with van der Waals surface area (Å²) in [4.78, 5) is 0. The maximum absolute atomic E-state index is 9.48. The van der Waals surface area contributed by atoms with Crippen molar-refractivity contribution in [2.45, 2.75) is 26.1 Å². The summed E-state index contributed by atoms with van der Waals surface area (Å²) >= 11 is 0. The molecule has 3 nitrogen and oxygen atoms in total. The number of rotatable bonds is 1. The van der Waals surface area contributed by atoms with Gasteiger partial charge < -0.3 is 14.6 Å². The van der Waals surface area contributed by atoms with Gasteiger partial charge in [-0.05, 0) is 55.3 Å². The molecule has 0 aromatic carbocycles. The van der Waals surface area contributed by atoms with Gasteiger partial charge in [-0.2, -0.15) is 0 Å². The van der Waals surface area contributed by atoms with Crippen molar-refractivity contribution < 1.29 is 14.6 Å². The molecule has 6 atom stereocenters.